The molecule has 7 heteroatoms. The van der Waals surface area contributed by atoms with Gasteiger partial charge in [-0.15, -0.1) is 0 Å². The first kappa shape index (κ1) is 18.1. The molecule has 3 aromatic carbocycles. The standard InChI is InChI=1S/C21H15BrN4O2/c1-13-7-9-18(19(11-13)26(27)28)24-21-23-17-10-8-15(22)12-16(17)20(25-21)14-5-3-2-4-6-14/h2-12H,1H3,(H,23,24,25). The van der Waals surface area contributed by atoms with Gasteiger partial charge in [0.2, 0.25) is 5.95 Å². The van der Waals surface area contributed by atoms with Crippen LogP contribution in [0.25, 0.3) is 22.2 Å². The first-order chi connectivity index (χ1) is 13.5. The third-order valence-corrected chi connectivity index (χ3v) is 4.79. The molecule has 0 aliphatic rings. The Kier molecular flexibility index (Phi) is 4.75. The fourth-order valence-electron chi connectivity index (χ4n) is 2.99. The fourth-order valence-corrected chi connectivity index (χ4v) is 3.35. The van der Waals surface area contributed by atoms with Crippen molar-refractivity contribution in [3.8, 4) is 11.3 Å². The van der Waals surface area contributed by atoms with Crippen molar-refractivity contribution in [3.05, 3.63) is 86.9 Å². The molecule has 4 aromatic rings. The highest BCUT2D eigenvalue weighted by molar-refractivity contribution is 9.10. The second-order valence-electron chi connectivity index (χ2n) is 6.33. The van der Waals surface area contributed by atoms with Crippen LogP contribution in [0.3, 0.4) is 0 Å². The van der Waals surface area contributed by atoms with Crippen LogP contribution < -0.4 is 5.32 Å². The van der Waals surface area contributed by atoms with Gasteiger partial charge in [-0.05, 0) is 36.8 Å². The van der Waals surface area contributed by atoms with Gasteiger partial charge in [0, 0.05) is 21.5 Å². The van der Waals surface area contributed by atoms with Gasteiger partial charge in [0.05, 0.1) is 16.1 Å². The summed E-state index contributed by atoms with van der Waals surface area (Å²) in [5.74, 6) is 0.306. The van der Waals surface area contributed by atoms with E-state index in [1.54, 1.807) is 6.07 Å². The molecule has 4 rings (SSSR count). The number of rotatable bonds is 4. The van der Waals surface area contributed by atoms with E-state index in [0.717, 1.165) is 32.2 Å². The topological polar surface area (TPSA) is 81.0 Å². The molecule has 0 radical (unpaired) electrons. The van der Waals surface area contributed by atoms with Crippen molar-refractivity contribution in [3.63, 3.8) is 0 Å². The number of nitrogens with zero attached hydrogens (tertiary/aromatic N) is 3. The van der Waals surface area contributed by atoms with Crippen LogP contribution in [0.5, 0.6) is 0 Å². The fraction of sp³-hybridized carbons (Fsp3) is 0.0476. The molecule has 0 amide bonds. The molecule has 0 atom stereocenters. The Balaban J connectivity index is 1.88. The Hall–Kier alpha value is -3.32. The number of benzene rings is 3. The van der Waals surface area contributed by atoms with E-state index >= 15 is 0 Å². The number of fused-ring (bicyclic) bond motifs is 1. The van der Waals surface area contributed by atoms with Gasteiger partial charge in [-0.2, -0.15) is 0 Å². The van der Waals surface area contributed by atoms with Crippen LogP contribution in [0.15, 0.2) is 71.2 Å². The predicted molar refractivity (Wildman–Crippen MR) is 114 cm³/mol. The van der Waals surface area contributed by atoms with Crippen molar-refractivity contribution >= 4 is 44.2 Å². The molecule has 138 valence electrons. The van der Waals surface area contributed by atoms with E-state index < -0.39 is 4.92 Å². The second-order valence-corrected chi connectivity index (χ2v) is 7.24. The van der Waals surface area contributed by atoms with E-state index in [9.17, 15) is 10.1 Å². The van der Waals surface area contributed by atoms with Gasteiger partial charge in [0.25, 0.3) is 5.69 Å². The van der Waals surface area contributed by atoms with Gasteiger partial charge < -0.3 is 5.32 Å². The Labute approximate surface area is 169 Å². The van der Waals surface area contributed by atoms with Gasteiger partial charge in [-0.1, -0.05) is 52.3 Å². The lowest BCUT2D eigenvalue weighted by Gasteiger charge is -2.11. The minimum absolute atomic E-state index is 0.0132. The Morgan fingerprint density at radius 1 is 1.00 bits per heavy atom. The van der Waals surface area contributed by atoms with Gasteiger partial charge in [-0.3, -0.25) is 10.1 Å². The number of aryl methyl sites for hydroxylation is 1. The highest BCUT2D eigenvalue weighted by Crippen LogP contribution is 2.32. The van der Waals surface area contributed by atoms with Crippen molar-refractivity contribution in [2.45, 2.75) is 6.92 Å². The molecule has 1 aromatic heterocycles. The van der Waals surface area contributed by atoms with Gasteiger partial charge in [0.15, 0.2) is 0 Å². The average molecular weight is 435 g/mol. The molecular formula is C21H15BrN4O2. The molecule has 0 saturated heterocycles. The summed E-state index contributed by atoms with van der Waals surface area (Å²) in [5.41, 5.74) is 3.59. The van der Waals surface area contributed by atoms with Crippen molar-refractivity contribution in [1.29, 1.82) is 0 Å². The first-order valence-corrected chi connectivity index (χ1v) is 9.35. The van der Waals surface area contributed by atoms with Crippen LogP contribution in [-0.4, -0.2) is 14.9 Å². The molecule has 1 N–H and O–H groups in total. The summed E-state index contributed by atoms with van der Waals surface area (Å²) in [6.45, 7) is 1.81. The van der Waals surface area contributed by atoms with Gasteiger partial charge in [0.1, 0.15) is 5.69 Å². The van der Waals surface area contributed by atoms with Crippen LogP contribution >= 0.6 is 15.9 Å². The minimum Gasteiger partial charge on any atom is -0.318 e. The molecule has 0 bridgehead atoms. The van der Waals surface area contributed by atoms with E-state index in [0.29, 0.717) is 11.6 Å². The van der Waals surface area contributed by atoms with E-state index in [1.807, 2.05) is 61.5 Å². The summed E-state index contributed by atoms with van der Waals surface area (Å²) in [4.78, 5) is 20.2. The number of nitrogens with one attached hydrogen (secondary N) is 1. The normalized spacial score (nSPS) is 10.8. The van der Waals surface area contributed by atoms with Crippen molar-refractivity contribution in [2.75, 3.05) is 5.32 Å². The predicted octanol–water partition coefficient (Wildman–Crippen LogP) is 6.02. The number of anilines is 2. The van der Waals surface area contributed by atoms with E-state index in [-0.39, 0.29) is 5.69 Å². The van der Waals surface area contributed by atoms with Crippen molar-refractivity contribution in [2.24, 2.45) is 0 Å². The summed E-state index contributed by atoms with van der Waals surface area (Å²) in [6.07, 6.45) is 0. The summed E-state index contributed by atoms with van der Waals surface area (Å²) < 4.78 is 0.927. The maximum atomic E-state index is 11.4. The zero-order chi connectivity index (χ0) is 19.7. The highest BCUT2D eigenvalue weighted by Gasteiger charge is 2.16. The first-order valence-electron chi connectivity index (χ1n) is 8.56. The second kappa shape index (κ2) is 7.36. The molecule has 0 saturated carbocycles. The molecule has 0 aliphatic heterocycles. The Morgan fingerprint density at radius 2 is 1.79 bits per heavy atom. The molecule has 0 fully saturated rings. The average Bonchev–Trinajstić information content (AvgIpc) is 2.69. The van der Waals surface area contributed by atoms with E-state index in [2.05, 4.69) is 31.2 Å². The minimum atomic E-state index is -0.411. The smallest absolute Gasteiger partial charge is 0.293 e. The van der Waals surface area contributed by atoms with Gasteiger partial charge in [-0.25, -0.2) is 9.97 Å². The summed E-state index contributed by atoms with van der Waals surface area (Å²) in [5, 5.41) is 15.3. The van der Waals surface area contributed by atoms with Crippen molar-refractivity contribution in [1.82, 2.24) is 9.97 Å². The Bertz CT molecular complexity index is 1200. The van der Waals surface area contributed by atoms with E-state index in [4.69, 9.17) is 0 Å². The lowest BCUT2D eigenvalue weighted by atomic mass is 10.1. The lowest BCUT2D eigenvalue weighted by Crippen LogP contribution is -2.02. The van der Waals surface area contributed by atoms with Crippen LogP contribution in [0.1, 0.15) is 5.56 Å². The van der Waals surface area contributed by atoms with Crippen LogP contribution in [0, 0.1) is 17.0 Å². The van der Waals surface area contributed by atoms with Crippen LogP contribution in [-0.2, 0) is 0 Å². The monoisotopic (exact) mass is 434 g/mol. The largest absolute Gasteiger partial charge is 0.318 e. The molecule has 6 nitrogen and oxygen atoms in total. The maximum absolute atomic E-state index is 11.4. The number of halogens is 1. The number of nitro benzene ring substituents is 1. The summed E-state index contributed by atoms with van der Waals surface area (Å²) in [6, 6.07) is 20.5. The summed E-state index contributed by atoms with van der Waals surface area (Å²) in [7, 11) is 0. The van der Waals surface area contributed by atoms with E-state index in [1.165, 1.54) is 6.07 Å². The molecule has 1 heterocycles. The van der Waals surface area contributed by atoms with Gasteiger partial charge >= 0.3 is 0 Å². The highest BCUT2D eigenvalue weighted by atomic mass is 79.9. The zero-order valence-electron chi connectivity index (χ0n) is 14.9. The molecular weight excluding hydrogens is 420 g/mol. The third-order valence-electron chi connectivity index (χ3n) is 4.30. The number of aromatic nitrogens is 2. The lowest BCUT2D eigenvalue weighted by molar-refractivity contribution is -0.384. The number of hydrogen-bond donors (Lipinski definition) is 1. The molecule has 28 heavy (non-hydrogen) atoms. The SMILES string of the molecule is Cc1ccc(Nc2nc(-c3ccccc3)c3cc(Br)ccc3n2)c([N+](=O)[O-])c1. The maximum Gasteiger partial charge on any atom is 0.293 e. The number of hydrogen-bond acceptors (Lipinski definition) is 5. The van der Waals surface area contributed by atoms with Crippen molar-refractivity contribution < 1.29 is 4.92 Å². The third kappa shape index (κ3) is 3.57. The molecule has 0 aliphatic carbocycles. The quantitative estimate of drug-likeness (QED) is 0.313. The number of nitro groups is 1. The van der Waals surface area contributed by atoms with Crippen LogP contribution in [0.4, 0.5) is 17.3 Å². The molecule has 0 spiro atoms. The summed E-state index contributed by atoms with van der Waals surface area (Å²) >= 11 is 3.50. The Morgan fingerprint density at radius 3 is 2.54 bits per heavy atom. The van der Waals surface area contributed by atoms with Crippen LogP contribution in [0.2, 0.25) is 0 Å². The zero-order valence-corrected chi connectivity index (χ0v) is 16.5. The molecule has 0 unspecified atom stereocenters.